The van der Waals surface area contributed by atoms with E-state index in [0.717, 1.165) is 6.07 Å². The van der Waals surface area contributed by atoms with Crippen LogP contribution in [0.3, 0.4) is 0 Å². The van der Waals surface area contributed by atoms with Gasteiger partial charge in [-0.1, -0.05) is 17.7 Å². The zero-order valence-corrected chi connectivity index (χ0v) is 10.5. The minimum absolute atomic E-state index is 0.0180. The molecule has 6 heteroatoms. The number of benzene rings is 1. The van der Waals surface area contributed by atoms with Crippen molar-refractivity contribution in [2.75, 3.05) is 6.54 Å². The molecule has 0 bridgehead atoms. The normalized spacial score (nSPS) is 12.2. The van der Waals surface area contributed by atoms with Crippen molar-refractivity contribution in [3.8, 4) is 0 Å². The number of hydrogen-bond donors (Lipinski definition) is 2. The van der Waals surface area contributed by atoms with E-state index in [-0.39, 0.29) is 17.3 Å². The van der Waals surface area contributed by atoms with Crippen LogP contribution in [0.4, 0.5) is 4.39 Å². The molecule has 0 aliphatic rings. The number of carbonyl (C=O) groups excluding carboxylic acids is 1. The Morgan fingerprint density at radius 3 is 2.89 bits per heavy atom. The van der Waals surface area contributed by atoms with Gasteiger partial charge < -0.3 is 14.8 Å². The van der Waals surface area contributed by atoms with Gasteiger partial charge >= 0.3 is 0 Å². The van der Waals surface area contributed by atoms with E-state index >= 15 is 0 Å². The van der Waals surface area contributed by atoms with Crippen LogP contribution in [0.5, 0.6) is 0 Å². The number of hydrogen-bond acceptors (Lipinski definition) is 3. The molecule has 0 aliphatic heterocycles. The number of aliphatic hydroxyl groups is 1. The third-order valence-corrected chi connectivity index (χ3v) is 2.84. The zero-order chi connectivity index (χ0) is 13.8. The monoisotopic (exact) mass is 283 g/mol. The SMILES string of the molecule is O=C(NCC(O)c1ccc(Cl)c(F)c1)c1ccco1. The number of furan rings is 1. The summed E-state index contributed by atoms with van der Waals surface area (Å²) >= 11 is 5.54. The van der Waals surface area contributed by atoms with Crippen molar-refractivity contribution in [1.29, 1.82) is 0 Å². The Morgan fingerprint density at radius 2 is 2.26 bits per heavy atom. The standard InChI is InChI=1S/C13H11ClFNO3/c14-9-4-3-8(6-10(9)15)11(17)7-16-13(18)12-2-1-5-19-12/h1-6,11,17H,7H2,(H,16,18). The summed E-state index contributed by atoms with van der Waals surface area (Å²) in [7, 11) is 0. The van der Waals surface area contributed by atoms with Crippen molar-refractivity contribution in [2.45, 2.75) is 6.10 Å². The molecule has 0 saturated heterocycles. The Hall–Kier alpha value is -1.85. The molecule has 1 aromatic carbocycles. The van der Waals surface area contributed by atoms with Gasteiger partial charge in [-0.25, -0.2) is 4.39 Å². The first-order valence-corrected chi connectivity index (χ1v) is 5.90. The van der Waals surface area contributed by atoms with Crippen LogP contribution in [0.2, 0.25) is 5.02 Å². The molecule has 0 saturated carbocycles. The molecule has 1 heterocycles. The smallest absolute Gasteiger partial charge is 0.287 e. The molecule has 4 nitrogen and oxygen atoms in total. The highest BCUT2D eigenvalue weighted by atomic mass is 35.5. The highest BCUT2D eigenvalue weighted by molar-refractivity contribution is 6.30. The molecule has 0 aliphatic carbocycles. The quantitative estimate of drug-likeness (QED) is 0.906. The first kappa shape index (κ1) is 13.6. The van der Waals surface area contributed by atoms with Crippen molar-refractivity contribution in [3.05, 3.63) is 58.8 Å². The minimum atomic E-state index is -1.02. The maximum absolute atomic E-state index is 13.2. The molecule has 1 amide bonds. The number of nitrogens with one attached hydrogen (secondary N) is 1. The zero-order valence-electron chi connectivity index (χ0n) is 9.77. The van der Waals surface area contributed by atoms with Crippen LogP contribution < -0.4 is 5.32 Å². The third-order valence-electron chi connectivity index (χ3n) is 2.53. The lowest BCUT2D eigenvalue weighted by atomic mass is 10.1. The van der Waals surface area contributed by atoms with Crippen LogP contribution in [0, 0.1) is 5.82 Å². The van der Waals surface area contributed by atoms with E-state index in [1.807, 2.05) is 0 Å². The molecule has 2 aromatic rings. The van der Waals surface area contributed by atoms with Crippen molar-refractivity contribution in [2.24, 2.45) is 0 Å². The molecule has 1 unspecified atom stereocenters. The summed E-state index contributed by atoms with van der Waals surface area (Å²) in [6, 6.07) is 7.06. The summed E-state index contributed by atoms with van der Waals surface area (Å²) in [5.74, 6) is -0.913. The molecular formula is C13H11ClFNO3. The van der Waals surface area contributed by atoms with E-state index in [0.29, 0.717) is 5.56 Å². The molecule has 2 rings (SSSR count). The van der Waals surface area contributed by atoms with Crippen molar-refractivity contribution in [1.82, 2.24) is 5.32 Å². The molecule has 19 heavy (non-hydrogen) atoms. The third kappa shape index (κ3) is 3.33. The van der Waals surface area contributed by atoms with E-state index in [9.17, 15) is 14.3 Å². The summed E-state index contributed by atoms with van der Waals surface area (Å²) in [4.78, 5) is 11.6. The Kier molecular flexibility index (Phi) is 4.19. The predicted molar refractivity (Wildman–Crippen MR) is 67.4 cm³/mol. The molecule has 0 radical (unpaired) electrons. The second-order valence-electron chi connectivity index (χ2n) is 3.88. The van der Waals surface area contributed by atoms with E-state index in [1.165, 1.54) is 24.5 Å². The molecule has 0 fully saturated rings. The summed E-state index contributed by atoms with van der Waals surface area (Å²) in [6.07, 6.45) is 0.352. The second-order valence-corrected chi connectivity index (χ2v) is 4.28. The molecule has 2 N–H and O–H groups in total. The summed E-state index contributed by atoms with van der Waals surface area (Å²) in [6.45, 7) is -0.0550. The Labute approximate surface area is 113 Å². The van der Waals surface area contributed by atoms with Crippen molar-refractivity contribution >= 4 is 17.5 Å². The minimum Gasteiger partial charge on any atom is -0.459 e. The number of amides is 1. The van der Waals surface area contributed by atoms with Crippen molar-refractivity contribution in [3.63, 3.8) is 0 Å². The van der Waals surface area contributed by atoms with Crippen LogP contribution in [0.1, 0.15) is 22.2 Å². The lowest BCUT2D eigenvalue weighted by Gasteiger charge is -2.12. The summed E-state index contributed by atoms with van der Waals surface area (Å²) in [5, 5.41) is 12.3. The van der Waals surface area contributed by atoms with Gasteiger partial charge in [0.1, 0.15) is 5.82 Å². The summed E-state index contributed by atoms with van der Waals surface area (Å²) < 4.78 is 18.1. The first-order valence-electron chi connectivity index (χ1n) is 5.52. The van der Waals surface area contributed by atoms with E-state index in [4.69, 9.17) is 16.0 Å². The molecule has 100 valence electrons. The van der Waals surface area contributed by atoms with Gasteiger partial charge in [-0.2, -0.15) is 0 Å². The number of carbonyl (C=O) groups is 1. The number of rotatable bonds is 4. The fourth-order valence-corrected chi connectivity index (χ4v) is 1.64. The highest BCUT2D eigenvalue weighted by Crippen LogP contribution is 2.19. The largest absolute Gasteiger partial charge is 0.459 e. The van der Waals surface area contributed by atoms with E-state index < -0.39 is 17.8 Å². The average Bonchev–Trinajstić information content (AvgIpc) is 2.92. The molecule has 1 atom stereocenters. The van der Waals surface area contributed by atoms with Crippen LogP contribution in [-0.2, 0) is 0 Å². The van der Waals surface area contributed by atoms with Gasteiger partial charge in [0.25, 0.3) is 5.91 Å². The molecular weight excluding hydrogens is 273 g/mol. The Bertz CT molecular complexity index is 571. The fourth-order valence-electron chi connectivity index (χ4n) is 1.52. The highest BCUT2D eigenvalue weighted by Gasteiger charge is 2.13. The van der Waals surface area contributed by atoms with Gasteiger partial charge in [0, 0.05) is 6.54 Å². The van der Waals surface area contributed by atoms with Gasteiger partial charge in [-0.15, -0.1) is 0 Å². The lowest BCUT2D eigenvalue weighted by Crippen LogP contribution is -2.28. The molecule has 1 aromatic heterocycles. The Morgan fingerprint density at radius 1 is 1.47 bits per heavy atom. The second kappa shape index (κ2) is 5.86. The van der Waals surface area contributed by atoms with Crippen LogP contribution in [0.25, 0.3) is 0 Å². The van der Waals surface area contributed by atoms with Crippen LogP contribution >= 0.6 is 11.6 Å². The average molecular weight is 284 g/mol. The van der Waals surface area contributed by atoms with E-state index in [1.54, 1.807) is 6.07 Å². The van der Waals surface area contributed by atoms with Gasteiger partial charge in [0.15, 0.2) is 5.76 Å². The Balaban J connectivity index is 1.95. The van der Waals surface area contributed by atoms with Crippen LogP contribution in [0.15, 0.2) is 41.0 Å². The predicted octanol–water partition coefficient (Wildman–Crippen LogP) is 2.54. The topological polar surface area (TPSA) is 62.5 Å². The van der Waals surface area contributed by atoms with Gasteiger partial charge in [0.05, 0.1) is 17.4 Å². The van der Waals surface area contributed by atoms with Gasteiger partial charge in [-0.3, -0.25) is 4.79 Å². The van der Waals surface area contributed by atoms with E-state index in [2.05, 4.69) is 5.32 Å². The van der Waals surface area contributed by atoms with Crippen LogP contribution in [-0.4, -0.2) is 17.6 Å². The maximum Gasteiger partial charge on any atom is 0.287 e. The van der Waals surface area contributed by atoms with Gasteiger partial charge in [-0.05, 0) is 29.8 Å². The fraction of sp³-hybridized carbons (Fsp3) is 0.154. The molecule has 0 spiro atoms. The summed E-state index contributed by atoms with van der Waals surface area (Å²) in [5.41, 5.74) is 0.335. The first-order chi connectivity index (χ1) is 9.08. The number of halogens is 2. The maximum atomic E-state index is 13.2. The number of aliphatic hydroxyl groups excluding tert-OH is 1. The van der Waals surface area contributed by atoms with Gasteiger partial charge in [0.2, 0.25) is 0 Å². The lowest BCUT2D eigenvalue weighted by molar-refractivity contribution is 0.0889. The van der Waals surface area contributed by atoms with Crippen molar-refractivity contribution < 1.29 is 18.7 Å².